The molecular weight excluding hydrogens is 222 g/mol. The molecule has 0 aromatic heterocycles. The summed E-state index contributed by atoms with van der Waals surface area (Å²) in [5.41, 5.74) is 0. The summed E-state index contributed by atoms with van der Waals surface area (Å²) in [5, 5.41) is 3.84. The molecule has 0 bridgehead atoms. The lowest BCUT2D eigenvalue weighted by atomic mass is 9.97. The van der Waals surface area contributed by atoms with Gasteiger partial charge in [0.1, 0.15) is 0 Å². The third-order valence-corrected chi connectivity index (χ3v) is 4.69. The van der Waals surface area contributed by atoms with Gasteiger partial charge in [-0.05, 0) is 77.8 Å². The number of nitrogens with zero attached hydrogens (tertiary/aromatic N) is 2. The molecule has 0 spiro atoms. The summed E-state index contributed by atoms with van der Waals surface area (Å²) < 4.78 is 0. The quantitative estimate of drug-likeness (QED) is 0.824. The standard InChI is InChI=1S/C15H31N3/c1-3-18-10-5-7-15(8-11-18)16-12-14-6-4-9-17(2)13-14/h14-16H,3-13H2,1-2H3. The van der Waals surface area contributed by atoms with Crippen molar-refractivity contribution in [2.75, 3.05) is 46.3 Å². The van der Waals surface area contributed by atoms with Crippen molar-refractivity contribution >= 4 is 0 Å². The Kier molecular flexibility index (Phi) is 5.93. The molecule has 2 rings (SSSR count). The van der Waals surface area contributed by atoms with E-state index in [9.17, 15) is 0 Å². The lowest BCUT2D eigenvalue weighted by Crippen LogP contribution is -2.40. The van der Waals surface area contributed by atoms with E-state index in [1.54, 1.807) is 0 Å². The molecule has 18 heavy (non-hydrogen) atoms. The molecule has 3 heteroatoms. The Balaban J connectivity index is 1.66. The summed E-state index contributed by atoms with van der Waals surface area (Å²) in [6, 6.07) is 0.772. The molecule has 1 N–H and O–H groups in total. The minimum Gasteiger partial charge on any atom is -0.314 e. The zero-order valence-electron chi connectivity index (χ0n) is 12.3. The van der Waals surface area contributed by atoms with Crippen molar-refractivity contribution in [3.05, 3.63) is 0 Å². The van der Waals surface area contributed by atoms with E-state index < -0.39 is 0 Å². The van der Waals surface area contributed by atoms with Crippen LogP contribution in [0.4, 0.5) is 0 Å². The van der Waals surface area contributed by atoms with Crippen LogP contribution in [-0.2, 0) is 0 Å². The molecule has 2 saturated heterocycles. The number of hydrogen-bond donors (Lipinski definition) is 1. The zero-order chi connectivity index (χ0) is 12.8. The summed E-state index contributed by atoms with van der Waals surface area (Å²) in [7, 11) is 2.26. The van der Waals surface area contributed by atoms with Crippen LogP contribution < -0.4 is 5.32 Å². The van der Waals surface area contributed by atoms with Gasteiger partial charge in [-0.1, -0.05) is 6.92 Å². The van der Waals surface area contributed by atoms with Gasteiger partial charge in [0.2, 0.25) is 0 Å². The summed E-state index contributed by atoms with van der Waals surface area (Å²) in [6.45, 7) is 9.93. The van der Waals surface area contributed by atoms with Crippen LogP contribution in [-0.4, -0.2) is 62.2 Å². The molecule has 2 aliphatic heterocycles. The SMILES string of the molecule is CCN1CCCC(NCC2CCCN(C)C2)CC1. The zero-order valence-corrected chi connectivity index (χ0v) is 12.3. The first-order valence-corrected chi connectivity index (χ1v) is 7.92. The van der Waals surface area contributed by atoms with Crippen molar-refractivity contribution in [3.63, 3.8) is 0 Å². The fraction of sp³-hybridized carbons (Fsp3) is 1.00. The molecule has 2 atom stereocenters. The van der Waals surface area contributed by atoms with Crippen LogP contribution in [0, 0.1) is 5.92 Å². The highest BCUT2D eigenvalue weighted by Crippen LogP contribution is 2.16. The van der Waals surface area contributed by atoms with E-state index in [2.05, 4.69) is 29.1 Å². The Morgan fingerprint density at radius 2 is 1.89 bits per heavy atom. The maximum atomic E-state index is 3.84. The Labute approximate surface area is 113 Å². The van der Waals surface area contributed by atoms with Gasteiger partial charge < -0.3 is 15.1 Å². The van der Waals surface area contributed by atoms with Crippen LogP contribution >= 0.6 is 0 Å². The molecule has 106 valence electrons. The van der Waals surface area contributed by atoms with Gasteiger partial charge in [-0.3, -0.25) is 0 Å². The van der Waals surface area contributed by atoms with Crippen LogP contribution in [0.2, 0.25) is 0 Å². The largest absolute Gasteiger partial charge is 0.314 e. The topological polar surface area (TPSA) is 18.5 Å². The number of nitrogens with one attached hydrogen (secondary N) is 1. The number of rotatable bonds is 4. The van der Waals surface area contributed by atoms with Crippen LogP contribution in [0.25, 0.3) is 0 Å². The summed E-state index contributed by atoms with van der Waals surface area (Å²) in [6.07, 6.45) is 6.90. The van der Waals surface area contributed by atoms with Gasteiger partial charge in [-0.2, -0.15) is 0 Å². The van der Waals surface area contributed by atoms with Crippen molar-refractivity contribution in [3.8, 4) is 0 Å². The van der Waals surface area contributed by atoms with E-state index in [1.807, 2.05) is 0 Å². The minimum absolute atomic E-state index is 0.772. The van der Waals surface area contributed by atoms with E-state index >= 15 is 0 Å². The second-order valence-electron chi connectivity index (χ2n) is 6.24. The summed E-state index contributed by atoms with van der Waals surface area (Å²) in [4.78, 5) is 5.08. The molecule has 0 radical (unpaired) electrons. The van der Waals surface area contributed by atoms with E-state index in [1.165, 1.54) is 71.4 Å². The van der Waals surface area contributed by atoms with Crippen LogP contribution in [0.1, 0.15) is 39.0 Å². The smallest absolute Gasteiger partial charge is 0.00798 e. The maximum Gasteiger partial charge on any atom is 0.00798 e. The average molecular weight is 253 g/mol. The molecular formula is C15H31N3. The molecule has 0 amide bonds. The predicted molar refractivity (Wildman–Crippen MR) is 78.0 cm³/mol. The van der Waals surface area contributed by atoms with E-state index in [0.717, 1.165) is 12.0 Å². The van der Waals surface area contributed by atoms with Crippen molar-refractivity contribution in [2.45, 2.75) is 45.1 Å². The molecule has 0 saturated carbocycles. The Morgan fingerprint density at radius 3 is 2.67 bits per heavy atom. The van der Waals surface area contributed by atoms with E-state index in [4.69, 9.17) is 0 Å². The first-order chi connectivity index (χ1) is 8.78. The van der Waals surface area contributed by atoms with Crippen molar-refractivity contribution in [2.24, 2.45) is 5.92 Å². The van der Waals surface area contributed by atoms with E-state index in [-0.39, 0.29) is 0 Å². The van der Waals surface area contributed by atoms with Crippen LogP contribution in [0.5, 0.6) is 0 Å². The van der Waals surface area contributed by atoms with Crippen molar-refractivity contribution < 1.29 is 0 Å². The van der Waals surface area contributed by atoms with Gasteiger partial charge >= 0.3 is 0 Å². The Bertz CT molecular complexity index is 232. The first-order valence-electron chi connectivity index (χ1n) is 7.92. The Morgan fingerprint density at radius 1 is 1.06 bits per heavy atom. The second kappa shape index (κ2) is 7.46. The first kappa shape index (κ1) is 14.3. The number of piperidine rings is 1. The molecule has 2 fully saturated rings. The fourth-order valence-corrected chi connectivity index (χ4v) is 3.45. The van der Waals surface area contributed by atoms with Gasteiger partial charge in [0.15, 0.2) is 0 Å². The highest BCUT2D eigenvalue weighted by atomic mass is 15.1. The minimum atomic E-state index is 0.772. The van der Waals surface area contributed by atoms with Gasteiger partial charge in [0.05, 0.1) is 0 Å². The highest BCUT2D eigenvalue weighted by Gasteiger charge is 2.20. The monoisotopic (exact) mass is 253 g/mol. The van der Waals surface area contributed by atoms with Gasteiger partial charge in [-0.15, -0.1) is 0 Å². The Hall–Kier alpha value is -0.120. The lowest BCUT2D eigenvalue weighted by Gasteiger charge is -2.31. The molecule has 2 unspecified atom stereocenters. The second-order valence-corrected chi connectivity index (χ2v) is 6.24. The van der Waals surface area contributed by atoms with Gasteiger partial charge in [-0.25, -0.2) is 0 Å². The molecule has 2 aliphatic rings. The number of hydrogen-bond acceptors (Lipinski definition) is 3. The highest BCUT2D eigenvalue weighted by molar-refractivity contribution is 4.78. The third kappa shape index (κ3) is 4.52. The summed E-state index contributed by atoms with van der Waals surface area (Å²) in [5.74, 6) is 0.884. The normalized spacial score (nSPS) is 32.3. The summed E-state index contributed by atoms with van der Waals surface area (Å²) >= 11 is 0. The molecule has 0 aromatic carbocycles. The van der Waals surface area contributed by atoms with Crippen molar-refractivity contribution in [1.82, 2.24) is 15.1 Å². The predicted octanol–water partition coefficient (Wildman–Crippen LogP) is 1.79. The van der Waals surface area contributed by atoms with Crippen LogP contribution in [0.15, 0.2) is 0 Å². The fourth-order valence-electron chi connectivity index (χ4n) is 3.45. The lowest BCUT2D eigenvalue weighted by molar-refractivity contribution is 0.201. The van der Waals surface area contributed by atoms with Gasteiger partial charge in [0.25, 0.3) is 0 Å². The van der Waals surface area contributed by atoms with Gasteiger partial charge in [0, 0.05) is 12.6 Å². The maximum absolute atomic E-state index is 3.84. The van der Waals surface area contributed by atoms with E-state index in [0.29, 0.717) is 0 Å². The van der Waals surface area contributed by atoms with Crippen molar-refractivity contribution in [1.29, 1.82) is 0 Å². The molecule has 2 heterocycles. The molecule has 0 aliphatic carbocycles. The molecule has 3 nitrogen and oxygen atoms in total. The van der Waals surface area contributed by atoms with Crippen LogP contribution in [0.3, 0.4) is 0 Å². The average Bonchev–Trinajstić information content (AvgIpc) is 2.61. The third-order valence-electron chi connectivity index (χ3n) is 4.69. The molecule has 0 aromatic rings. The number of likely N-dealkylation sites (tertiary alicyclic amines) is 2.